The van der Waals surface area contributed by atoms with Crippen LogP contribution in [0.15, 0.2) is 0 Å². The van der Waals surface area contributed by atoms with Gasteiger partial charge in [-0.15, -0.1) is 0 Å². The van der Waals surface area contributed by atoms with Gasteiger partial charge < -0.3 is 15.2 Å². The van der Waals surface area contributed by atoms with Crippen LogP contribution in [0.2, 0.25) is 0 Å². The van der Waals surface area contributed by atoms with Crippen molar-refractivity contribution in [2.24, 2.45) is 5.73 Å². The van der Waals surface area contributed by atoms with E-state index in [2.05, 4.69) is 0 Å². The lowest BCUT2D eigenvalue weighted by Gasteiger charge is -2.22. The molecule has 1 heterocycles. The SMILES string of the molecule is N=C(N)SCCOC1CCCCO1. The van der Waals surface area contributed by atoms with Gasteiger partial charge in [-0.25, -0.2) is 0 Å². The van der Waals surface area contributed by atoms with Crippen LogP contribution in [-0.2, 0) is 9.47 Å². The predicted molar refractivity (Wildman–Crippen MR) is 53.9 cm³/mol. The van der Waals surface area contributed by atoms with E-state index < -0.39 is 0 Å². The second-order valence-corrected chi connectivity index (χ2v) is 4.02. The van der Waals surface area contributed by atoms with Crippen molar-refractivity contribution in [1.82, 2.24) is 0 Å². The zero-order valence-electron chi connectivity index (χ0n) is 7.62. The average Bonchev–Trinajstić information content (AvgIpc) is 2.14. The number of amidine groups is 1. The van der Waals surface area contributed by atoms with Crippen LogP contribution in [-0.4, -0.2) is 30.4 Å². The molecule has 0 aromatic heterocycles. The number of rotatable bonds is 4. The van der Waals surface area contributed by atoms with Gasteiger partial charge in [0.05, 0.1) is 6.61 Å². The number of hydrogen-bond donors (Lipinski definition) is 2. The zero-order chi connectivity index (χ0) is 9.52. The fraction of sp³-hybridized carbons (Fsp3) is 0.875. The highest BCUT2D eigenvalue weighted by molar-refractivity contribution is 8.13. The van der Waals surface area contributed by atoms with E-state index in [0.29, 0.717) is 6.61 Å². The minimum Gasteiger partial charge on any atom is -0.379 e. The first-order valence-electron chi connectivity index (χ1n) is 4.49. The van der Waals surface area contributed by atoms with E-state index in [0.717, 1.165) is 25.2 Å². The van der Waals surface area contributed by atoms with E-state index in [4.69, 9.17) is 20.6 Å². The molecule has 1 rings (SSSR count). The lowest BCUT2D eigenvalue weighted by Crippen LogP contribution is -2.23. The van der Waals surface area contributed by atoms with E-state index in [-0.39, 0.29) is 11.5 Å². The van der Waals surface area contributed by atoms with Crippen LogP contribution in [0, 0.1) is 5.41 Å². The summed E-state index contributed by atoms with van der Waals surface area (Å²) in [5, 5.41) is 7.12. The summed E-state index contributed by atoms with van der Waals surface area (Å²) in [7, 11) is 0. The maximum Gasteiger partial charge on any atom is 0.157 e. The molecular weight excluding hydrogens is 188 g/mol. The Labute approximate surface area is 82.7 Å². The Morgan fingerprint density at radius 1 is 1.62 bits per heavy atom. The third-order valence-electron chi connectivity index (χ3n) is 1.78. The zero-order valence-corrected chi connectivity index (χ0v) is 8.44. The summed E-state index contributed by atoms with van der Waals surface area (Å²) in [6.07, 6.45) is 3.29. The summed E-state index contributed by atoms with van der Waals surface area (Å²) in [6.45, 7) is 1.42. The Balaban J connectivity index is 1.95. The summed E-state index contributed by atoms with van der Waals surface area (Å²) < 4.78 is 10.8. The second kappa shape index (κ2) is 6.23. The van der Waals surface area contributed by atoms with Crippen LogP contribution in [0.5, 0.6) is 0 Å². The van der Waals surface area contributed by atoms with Crippen molar-refractivity contribution in [3.05, 3.63) is 0 Å². The molecule has 1 fully saturated rings. The Bertz CT molecular complexity index is 160. The van der Waals surface area contributed by atoms with Crippen LogP contribution in [0.1, 0.15) is 19.3 Å². The normalized spacial score (nSPS) is 22.9. The highest BCUT2D eigenvalue weighted by atomic mass is 32.2. The Morgan fingerprint density at radius 2 is 2.46 bits per heavy atom. The number of thioether (sulfide) groups is 1. The molecule has 13 heavy (non-hydrogen) atoms. The summed E-state index contributed by atoms with van der Waals surface area (Å²) in [5.74, 6) is 0.731. The number of nitrogens with one attached hydrogen (secondary N) is 1. The molecule has 1 atom stereocenters. The Kier molecular flexibility index (Phi) is 5.19. The monoisotopic (exact) mass is 204 g/mol. The molecule has 4 nitrogen and oxygen atoms in total. The van der Waals surface area contributed by atoms with Crippen LogP contribution in [0.3, 0.4) is 0 Å². The fourth-order valence-electron chi connectivity index (χ4n) is 1.17. The van der Waals surface area contributed by atoms with E-state index in [1.807, 2.05) is 0 Å². The minimum atomic E-state index is -0.0266. The highest BCUT2D eigenvalue weighted by Crippen LogP contribution is 2.13. The van der Waals surface area contributed by atoms with E-state index in [9.17, 15) is 0 Å². The fourth-order valence-corrected chi connectivity index (χ4v) is 1.57. The topological polar surface area (TPSA) is 68.3 Å². The van der Waals surface area contributed by atoms with Gasteiger partial charge in [0.15, 0.2) is 11.5 Å². The molecule has 0 bridgehead atoms. The second-order valence-electron chi connectivity index (χ2n) is 2.88. The lowest BCUT2D eigenvalue weighted by atomic mass is 10.2. The first kappa shape index (κ1) is 10.8. The molecule has 1 aliphatic rings. The smallest absolute Gasteiger partial charge is 0.157 e. The van der Waals surface area contributed by atoms with Gasteiger partial charge in [-0.2, -0.15) is 0 Å². The molecule has 0 amide bonds. The first-order valence-corrected chi connectivity index (χ1v) is 5.47. The van der Waals surface area contributed by atoms with Crippen molar-refractivity contribution >= 4 is 16.9 Å². The molecule has 0 aromatic carbocycles. The van der Waals surface area contributed by atoms with Crippen molar-refractivity contribution in [3.8, 4) is 0 Å². The minimum absolute atomic E-state index is 0.0266. The highest BCUT2D eigenvalue weighted by Gasteiger charge is 2.13. The molecule has 0 spiro atoms. The third kappa shape index (κ3) is 5.13. The van der Waals surface area contributed by atoms with Gasteiger partial charge in [-0.3, -0.25) is 5.41 Å². The van der Waals surface area contributed by atoms with Crippen LogP contribution in [0.25, 0.3) is 0 Å². The lowest BCUT2D eigenvalue weighted by molar-refractivity contribution is -0.158. The van der Waals surface area contributed by atoms with Crippen LogP contribution < -0.4 is 5.73 Å². The standard InChI is InChI=1S/C8H16N2O2S/c9-8(10)13-6-5-12-7-3-1-2-4-11-7/h7H,1-6H2,(H3,9,10). The van der Waals surface area contributed by atoms with Crippen molar-refractivity contribution in [2.45, 2.75) is 25.6 Å². The van der Waals surface area contributed by atoms with Crippen molar-refractivity contribution in [2.75, 3.05) is 19.0 Å². The molecule has 76 valence electrons. The molecular formula is C8H16N2O2S. The Hall–Kier alpha value is -0.260. The van der Waals surface area contributed by atoms with Crippen LogP contribution >= 0.6 is 11.8 Å². The molecule has 0 aliphatic carbocycles. The predicted octanol–water partition coefficient (Wildman–Crippen LogP) is 1.16. The molecule has 0 radical (unpaired) electrons. The number of hydrogen-bond acceptors (Lipinski definition) is 4. The number of ether oxygens (including phenoxy) is 2. The van der Waals surface area contributed by atoms with Crippen molar-refractivity contribution in [3.63, 3.8) is 0 Å². The molecule has 1 saturated heterocycles. The van der Waals surface area contributed by atoms with Gasteiger partial charge in [0.2, 0.25) is 0 Å². The molecule has 5 heteroatoms. The van der Waals surface area contributed by atoms with Gasteiger partial charge in [0.25, 0.3) is 0 Å². The summed E-state index contributed by atoms with van der Waals surface area (Å²) in [4.78, 5) is 0. The molecule has 0 aromatic rings. The maximum absolute atomic E-state index is 6.97. The summed E-state index contributed by atoms with van der Waals surface area (Å²) in [6, 6.07) is 0. The van der Waals surface area contributed by atoms with Crippen molar-refractivity contribution < 1.29 is 9.47 Å². The van der Waals surface area contributed by atoms with Gasteiger partial charge in [0.1, 0.15) is 0 Å². The van der Waals surface area contributed by atoms with Crippen molar-refractivity contribution in [1.29, 1.82) is 5.41 Å². The Morgan fingerprint density at radius 3 is 3.08 bits per heavy atom. The molecule has 0 saturated carbocycles. The van der Waals surface area contributed by atoms with E-state index in [1.54, 1.807) is 0 Å². The molecule has 1 unspecified atom stereocenters. The number of nitrogens with two attached hydrogens (primary N) is 1. The molecule has 3 N–H and O–H groups in total. The van der Waals surface area contributed by atoms with E-state index >= 15 is 0 Å². The third-order valence-corrected chi connectivity index (χ3v) is 2.46. The van der Waals surface area contributed by atoms with Gasteiger partial charge >= 0.3 is 0 Å². The largest absolute Gasteiger partial charge is 0.379 e. The quantitative estimate of drug-likeness (QED) is 0.409. The van der Waals surface area contributed by atoms with Gasteiger partial charge in [-0.05, 0) is 19.3 Å². The maximum atomic E-state index is 6.97. The first-order chi connectivity index (χ1) is 6.29. The summed E-state index contributed by atoms with van der Waals surface area (Å²) >= 11 is 1.30. The van der Waals surface area contributed by atoms with Crippen LogP contribution in [0.4, 0.5) is 0 Å². The van der Waals surface area contributed by atoms with Gasteiger partial charge in [0, 0.05) is 12.4 Å². The molecule has 1 aliphatic heterocycles. The average molecular weight is 204 g/mol. The summed E-state index contributed by atoms with van der Waals surface area (Å²) in [5.41, 5.74) is 5.17. The van der Waals surface area contributed by atoms with Gasteiger partial charge in [-0.1, -0.05) is 11.8 Å². The van der Waals surface area contributed by atoms with E-state index in [1.165, 1.54) is 18.2 Å².